The summed E-state index contributed by atoms with van der Waals surface area (Å²) >= 11 is 0. The highest BCUT2D eigenvalue weighted by molar-refractivity contribution is 5.68. The van der Waals surface area contributed by atoms with E-state index in [0.717, 1.165) is 6.07 Å². The molecule has 0 bridgehead atoms. The van der Waals surface area contributed by atoms with E-state index in [1.165, 1.54) is 17.0 Å². The van der Waals surface area contributed by atoms with Crippen LogP contribution in [0.25, 0.3) is 0 Å². The number of alkyl halides is 3. The molecule has 9 heteroatoms. The summed E-state index contributed by atoms with van der Waals surface area (Å²) in [6, 6.07) is 3.59. The summed E-state index contributed by atoms with van der Waals surface area (Å²) in [7, 11) is 0. The van der Waals surface area contributed by atoms with Crippen LogP contribution in [0.15, 0.2) is 18.2 Å². The second-order valence-electron chi connectivity index (χ2n) is 8.11. The van der Waals surface area contributed by atoms with Crippen LogP contribution in [0, 0.1) is 5.92 Å². The number of carbonyl (C=O) groups excluding carboxylic acids is 1. The lowest BCUT2D eigenvalue weighted by atomic mass is 10.0. The molecule has 162 valence electrons. The van der Waals surface area contributed by atoms with Gasteiger partial charge in [-0.15, -0.1) is 0 Å². The predicted octanol–water partition coefficient (Wildman–Crippen LogP) is 4.36. The number of carboxylic acids is 1. The number of hydrogen-bond donors (Lipinski definition) is 1. The molecule has 1 saturated heterocycles. The molecular weight excluding hydrogens is 391 g/mol. The number of benzene rings is 1. The molecule has 0 aromatic heterocycles. The first-order valence-electron chi connectivity index (χ1n) is 9.38. The van der Waals surface area contributed by atoms with Gasteiger partial charge in [-0.2, -0.15) is 13.2 Å². The number of rotatable bonds is 6. The van der Waals surface area contributed by atoms with Crippen LogP contribution in [-0.2, 0) is 22.1 Å². The molecule has 1 N–H and O–H groups in total. The van der Waals surface area contributed by atoms with E-state index < -0.39 is 29.4 Å². The molecule has 1 aromatic carbocycles. The van der Waals surface area contributed by atoms with Gasteiger partial charge in [-0.25, -0.2) is 4.79 Å². The minimum atomic E-state index is -4.62. The molecule has 0 saturated carbocycles. The highest BCUT2D eigenvalue weighted by atomic mass is 19.4. The number of amides is 1. The summed E-state index contributed by atoms with van der Waals surface area (Å²) in [6.45, 7) is 6.15. The van der Waals surface area contributed by atoms with Gasteiger partial charge >= 0.3 is 18.2 Å². The average Bonchev–Trinajstić information content (AvgIpc) is 3.05. The Hall–Kier alpha value is -2.45. The number of aryl methyl sites for hydroxylation is 1. The van der Waals surface area contributed by atoms with Gasteiger partial charge in [0.1, 0.15) is 11.4 Å². The van der Waals surface area contributed by atoms with Crippen molar-refractivity contribution in [1.82, 2.24) is 4.90 Å². The van der Waals surface area contributed by atoms with E-state index in [1.807, 2.05) is 0 Å². The zero-order valence-corrected chi connectivity index (χ0v) is 16.7. The minimum Gasteiger partial charge on any atom is -0.493 e. The van der Waals surface area contributed by atoms with E-state index in [1.54, 1.807) is 20.8 Å². The SMILES string of the molecule is CC(C)(C)OC(=O)N1CCC(COc2ccc(CCC(=O)O)cc2C(F)(F)F)C1. The zero-order chi connectivity index (χ0) is 21.8. The molecule has 1 atom stereocenters. The van der Waals surface area contributed by atoms with Crippen molar-refractivity contribution in [2.45, 2.75) is 51.8 Å². The van der Waals surface area contributed by atoms with E-state index in [0.29, 0.717) is 19.5 Å². The van der Waals surface area contributed by atoms with Gasteiger partial charge in [0.15, 0.2) is 0 Å². The van der Waals surface area contributed by atoms with Crippen LogP contribution in [0.4, 0.5) is 18.0 Å². The third-order valence-corrected chi connectivity index (χ3v) is 4.39. The van der Waals surface area contributed by atoms with Crippen LogP contribution in [-0.4, -0.2) is 47.4 Å². The molecule has 1 amide bonds. The lowest BCUT2D eigenvalue weighted by Crippen LogP contribution is -2.35. The summed E-state index contributed by atoms with van der Waals surface area (Å²) < 4.78 is 50.9. The second-order valence-corrected chi connectivity index (χ2v) is 8.11. The topological polar surface area (TPSA) is 76.1 Å². The third-order valence-electron chi connectivity index (χ3n) is 4.39. The van der Waals surface area contributed by atoms with E-state index in [2.05, 4.69) is 0 Å². The van der Waals surface area contributed by atoms with E-state index in [4.69, 9.17) is 14.6 Å². The van der Waals surface area contributed by atoms with Gasteiger partial charge in [-0.05, 0) is 51.3 Å². The third kappa shape index (κ3) is 7.14. The van der Waals surface area contributed by atoms with E-state index in [-0.39, 0.29) is 36.7 Å². The van der Waals surface area contributed by atoms with Crippen molar-refractivity contribution < 1.29 is 37.3 Å². The molecule has 0 spiro atoms. The molecule has 1 aliphatic rings. The first-order chi connectivity index (χ1) is 13.3. The molecule has 1 fully saturated rings. The summed E-state index contributed by atoms with van der Waals surface area (Å²) in [4.78, 5) is 24.3. The summed E-state index contributed by atoms with van der Waals surface area (Å²) in [5.41, 5.74) is -1.26. The number of aliphatic carboxylic acids is 1. The van der Waals surface area contributed by atoms with Crippen molar-refractivity contribution >= 4 is 12.1 Å². The van der Waals surface area contributed by atoms with Gasteiger partial charge in [-0.1, -0.05) is 6.07 Å². The summed E-state index contributed by atoms with van der Waals surface area (Å²) in [6.07, 6.45) is -4.70. The maximum Gasteiger partial charge on any atom is 0.419 e. The molecule has 0 radical (unpaired) electrons. The van der Waals surface area contributed by atoms with E-state index >= 15 is 0 Å². The molecule has 1 aliphatic heterocycles. The van der Waals surface area contributed by atoms with Gasteiger partial charge in [0.05, 0.1) is 12.2 Å². The molecule has 0 aliphatic carbocycles. The largest absolute Gasteiger partial charge is 0.493 e. The fourth-order valence-electron chi connectivity index (χ4n) is 3.00. The number of hydrogen-bond acceptors (Lipinski definition) is 4. The molecule has 2 rings (SSSR count). The summed E-state index contributed by atoms with van der Waals surface area (Å²) in [5.74, 6) is -1.47. The highest BCUT2D eigenvalue weighted by Gasteiger charge is 2.35. The summed E-state index contributed by atoms with van der Waals surface area (Å²) in [5, 5.41) is 8.70. The minimum absolute atomic E-state index is 0.00612. The molecular formula is C20H26F3NO5. The normalized spacial score (nSPS) is 17.3. The zero-order valence-electron chi connectivity index (χ0n) is 16.7. The maximum absolute atomic E-state index is 13.4. The Bertz CT molecular complexity index is 743. The first kappa shape index (κ1) is 22.8. The first-order valence-corrected chi connectivity index (χ1v) is 9.38. The number of carbonyl (C=O) groups is 2. The van der Waals surface area contributed by atoms with Crippen LogP contribution in [0.5, 0.6) is 5.75 Å². The Morgan fingerprint density at radius 3 is 2.52 bits per heavy atom. The molecule has 1 heterocycles. The Kier molecular flexibility index (Phi) is 7.02. The monoisotopic (exact) mass is 417 g/mol. The van der Waals surface area contributed by atoms with Crippen molar-refractivity contribution in [2.75, 3.05) is 19.7 Å². The van der Waals surface area contributed by atoms with Crippen LogP contribution in [0.2, 0.25) is 0 Å². The van der Waals surface area contributed by atoms with Crippen molar-refractivity contribution in [3.8, 4) is 5.75 Å². The lowest BCUT2D eigenvalue weighted by molar-refractivity contribution is -0.139. The average molecular weight is 417 g/mol. The molecule has 1 unspecified atom stereocenters. The van der Waals surface area contributed by atoms with Gasteiger partial charge in [-0.3, -0.25) is 4.79 Å². The highest BCUT2D eigenvalue weighted by Crippen LogP contribution is 2.37. The molecule has 6 nitrogen and oxygen atoms in total. The quantitative estimate of drug-likeness (QED) is 0.744. The van der Waals surface area contributed by atoms with Gasteiger partial charge in [0, 0.05) is 25.4 Å². The fraction of sp³-hybridized carbons (Fsp3) is 0.600. The van der Waals surface area contributed by atoms with Crippen molar-refractivity contribution in [3.63, 3.8) is 0 Å². The number of ether oxygens (including phenoxy) is 2. The fourth-order valence-corrected chi connectivity index (χ4v) is 3.00. The number of likely N-dealkylation sites (tertiary alicyclic amines) is 1. The standard InChI is InChI=1S/C20H26F3NO5/c1-19(2,3)29-18(27)24-9-8-14(11-24)12-28-16-6-4-13(5-7-17(25)26)10-15(16)20(21,22)23/h4,6,10,14H,5,7-9,11-12H2,1-3H3,(H,25,26). The molecule has 29 heavy (non-hydrogen) atoms. The van der Waals surface area contributed by atoms with Crippen LogP contribution in [0.3, 0.4) is 0 Å². The van der Waals surface area contributed by atoms with Crippen LogP contribution in [0.1, 0.15) is 44.7 Å². The van der Waals surface area contributed by atoms with Crippen molar-refractivity contribution in [1.29, 1.82) is 0 Å². The maximum atomic E-state index is 13.4. The Labute approximate surface area is 167 Å². The molecule has 1 aromatic rings. The van der Waals surface area contributed by atoms with E-state index in [9.17, 15) is 22.8 Å². The number of nitrogens with zero attached hydrogens (tertiary/aromatic N) is 1. The Morgan fingerprint density at radius 1 is 1.24 bits per heavy atom. The van der Waals surface area contributed by atoms with Crippen LogP contribution < -0.4 is 4.74 Å². The van der Waals surface area contributed by atoms with Crippen LogP contribution >= 0.6 is 0 Å². The van der Waals surface area contributed by atoms with Gasteiger partial charge in [0.2, 0.25) is 0 Å². The van der Waals surface area contributed by atoms with Crippen molar-refractivity contribution in [3.05, 3.63) is 29.3 Å². The predicted molar refractivity (Wildman–Crippen MR) is 98.8 cm³/mol. The number of carboxylic acid groups (broad SMARTS) is 1. The number of halogens is 3. The van der Waals surface area contributed by atoms with Crippen molar-refractivity contribution in [2.24, 2.45) is 5.92 Å². The smallest absolute Gasteiger partial charge is 0.419 e. The Morgan fingerprint density at radius 2 is 1.93 bits per heavy atom. The lowest BCUT2D eigenvalue weighted by Gasteiger charge is -2.24. The second kappa shape index (κ2) is 8.92. The van der Waals surface area contributed by atoms with Gasteiger partial charge < -0.3 is 19.5 Å². The Balaban J connectivity index is 1.99. The van der Waals surface area contributed by atoms with Gasteiger partial charge in [0.25, 0.3) is 0 Å².